The molecule has 0 saturated carbocycles. The van der Waals surface area contributed by atoms with Crippen molar-refractivity contribution in [3.63, 3.8) is 0 Å². The Morgan fingerprint density at radius 2 is 1.09 bits per heavy atom. The van der Waals surface area contributed by atoms with Crippen molar-refractivity contribution >= 4 is 8.53 Å². The first-order valence-corrected chi connectivity index (χ1v) is 13.9. The van der Waals surface area contributed by atoms with E-state index in [4.69, 9.17) is 9.05 Å². The Balaban J connectivity index is 1.98. The highest BCUT2D eigenvalue weighted by Gasteiger charge is 2.51. The lowest BCUT2D eigenvalue weighted by molar-refractivity contribution is -0.0590. The highest BCUT2D eigenvalue weighted by Crippen LogP contribution is 2.58. The third-order valence-corrected chi connectivity index (χ3v) is 9.19. The molecular formula is C26H52N3O2P. The van der Waals surface area contributed by atoms with Gasteiger partial charge in [-0.2, -0.15) is 0 Å². The largest absolute Gasteiger partial charge is 0.321 e. The summed E-state index contributed by atoms with van der Waals surface area (Å²) in [4.78, 5) is 0. The minimum absolute atomic E-state index is 0.0397. The molecule has 0 amide bonds. The summed E-state index contributed by atoms with van der Waals surface area (Å²) >= 11 is 0. The van der Waals surface area contributed by atoms with Gasteiger partial charge in [-0.25, -0.2) is 4.67 Å². The van der Waals surface area contributed by atoms with E-state index in [0.717, 1.165) is 32.3 Å². The molecule has 2 N–H and O–H groups in total. The fraction of sp³-hybridized carbons (Fsp3) is 1.00. The van der Waals surface area contributed by atoms with Gasteiger partial charge in [-0.15, -0.1) is 0 Å². The summed E-state index contributed by atoms with van der Waals surface area (Å²) in [6, 6.07) is 0.882. The molecule has 0 aliphatic carbocycles. The van der Waals surface area contributed by atoms with Crippen molar-refractivity contribution in [2.45, 2.75) is 149 Å². The van der Waals surface area contributed by atoms with Crippen LogP contribution in [-0.4, -0.2) is 51.6 Å². The van der Waals surface area contributed by atoms with Gasteiger partial charge in [-0.3, -0.25) is 0 Å². The van der Waals surface area contributed by atoms with E-state index in [9.17, 15) is 0 Å². The van der Waals surface area contributed by atoms with E-state index >= 15 is 0 Å². The molecule has 3 saturated heterocycles. The molecular weight excluding hydrogens is 417 g/mol. The van der Waals surface area contributed by atoms with Crippen LogP contribution in [0.4, 0.5) is 0 Å². The van der Waals surface area contributed by atoms with Gasteiger partial charge >= 0.3 is 0 Å². The number of hydrogen-bond acceptors (Lipinski definition) is 5. The number of rotatable bonds is 4. The van der Waals surface area contributed by atoms with Gasteiger partial charge in [0.15, 0.2) is 0 Å². The third-order valence-electron chi connectivity index (χ3n) is 7.40. The van der Waals surface area contributed by atoms with Gasteiger partial charge in [-0.05, 0) is 87.0 Å². The Hall–Kier alpha value is 0.230. The molecule has 3 rings (SSSR count). The summed E-state index contributed by atoms with van der Waals surface area (Å²) in [5.41, 5.74) is 0.391. The molecule has 6 heteroatoms. The molecule has 0 spiro atoms. The van der Waals surface area contributed by atoms with E-state index in [-0.39, 0.29) is 33.7 Å². The molecule has 5 nitrogen and oxygen atoms in total. The lowest BCUT2D eigenvalue weighted by Crippen LogP contribution is -2.66. The summed E-state index contributed by atoms with van der Waals surface area (Å²) < 4.78 is 16.3. The topological polar surface area (TPSA) is 45.8 Å². The number of hydrogen-bond donors (Lipinski definition) is 2. The minimum Gasteiger partial charge on any atom is -0.321 e. The second-order valence-corrected chi connectivity index (χ2v) is 16.0. The Morgan fingerprint density at radius 3 is 1.44 bits per heavy atom. The van der Waals surface area contributed by atoms with Crippen molar-refractivity contribution in [1.82, 2.24) is 15.3 Å². The van der Waals surface area contributed by atoms with Crippen LogP contribution in [0.2, 0.25) is 0 Å². The molecule has 0 bridgehead atoms. The SMILES string of the molecule is CC(C)C1OP(N(C2CC(C)(C)NC(C)(C)C2)C2CC(C)(C)NC(C)(C)C2)OCC1(C)C. The van der Waals surface area contributed by atoms with Crippen LogP contribution < -0.4 is 10.6 Å². The quantitative estimate of drug-likeness (QED) is 0.478. The zero-order chi connectivity index (χ0) is 24.3. The maximum absolute atomic E-state index is 6.93. The van der Waals surface area contributed by atoms with Crippen molar-refractivity contribution in [3.05, 3.63) is 0 Å². The van der Waals surface area contributed by atoms with Crippen LogP contribution in [0.5, 0.6) is 0 Å². The fourth-order valence-corrected chi connectivity index (χ4v) is 9.52. The first-order valence-electron chi connectivity index (χ1n) is 12.8. The molecule has 0 aromatic carbocycles. The van der Waals surface area contributed by atoms with E-state index in [1.807, 2.05) is 0 Å². The van der Waals surface area contributed by atoms with Gasteiger partial charge in [0.05, 0.1) is 12.7 Å². The standard InChI is InChI=1S/C26H52N3O2P/c1-18(2)21-22(3,4)17-30-32(31-21)29(19-13-23(5,6)27-24(7,8)14-19)20-15-25(9,10)28-26(11,12)16-20/h18-21,27-28H,13-17H2,1-12H3. The van der Waals surface area contributed by atoms with E-state index in [2.05, 4.69) is 98.4 Å². The maximum Gasteiger partial charge on any atom is 0.259 e. The monoisotopic (exact) mass is 469 g/mol. The molecule has 3 fully saturated rings. The Kier molecular flexibility index (Phi) is 7.31. The lowest BCUT2D eigenvalue weighted by Gasteiger charge is -2.57. The summed E-state index contributed by atoms with van der Waals surface area (Å²) in [6.07, 6.45) is 4.67. The molecule has 0 radical (unpaired) electrons. The molecule has 32 heavy (non-hydrogen) atoms. The summed E-state index contributed by atoms with van der Waals surface area (Å²) in [7, 11) is -1.10. The first-order chi connectivity index (χ1) is 14.3. The Labute approximate surface area is 200 Å². The molecule has 0 aromatic rings. The molecule has 3 heterocycles. The molecule has 3 aliphatic rings. The van der Waals surface area contributed by atoms with Gasteiger partial charge in [0.2, 0.25) is 0 Å². The summed E-state index contributed by atoms with van der Waals surface area (Å²) in [5, 5.41) is 7.76. The molecule has 2 unspecified atom stereocenters. The summed E-state index contributed by atoms with van der Waals surface area (Å²) in [5.74, 6) is 0.475. The van der Waals surface area contributed by atoms with Crippen LogP contribution in [0, 0.1) is 11.3 Å². The van der Waals surface area contributed by atoms with Crippen molar-refractivity contribution in [2.24, 2.45) is 11.3 Å². The highest BCUT2D eigenvalue weighted by atomic mass is 31.2. The van der Waals surface area contributed by atoms with E-state index in [1.54, 1.807) is 0 Å². The number of nitrogens with zero attached hydrogens (tertiary/aromatic N) is 1. The fourth-order valence-electron chi connectivity index (χ4n) is 7.19. The Morgan fingerprint density at radius 1 is 0.719 bits per heavy atom. The van der Waals surface area contributed by atoms with Crippen LogP contribution in [0.25, 0.3) is 0 Å². The molecule has 2 atom stereocenters. The van der Waals surface area contributed by atoms with Crippen molar-refractivity contribution in [3.8, 4) is 0 Å². The average Bonchev–Trinajstić information content (AvgIpc) is 2.50. The van der Waals surface area contributed by atoms with E-state index in [0.29, 0.717) is 18.0 Å². The van der Waals surface area contributed by atoms with E-state index in [1.165, 1.54) is 0 Å². The minimum atomic E-state index is -1.10. The van der Waals surface area contributed by atoms with Gasteiger partial charge < -0.3 is 19.7 Å². The van der Waals surface area contributed by atoms with E-state index < -0.39 is 8.53 Å². The Bertz CT molecular complexity index is 604. The zero-order valence-corrected chi connectivity index (χ0v) is 24.0. The van der Waals surface area contributed by atoms with Gasteiger partial charge in [-0.1, -0.05) is 27.7 Å². The predicted molar refractivity (Wildman–Crippen MR) is 137 cm³/mol. The highest BCUT2D eigenvalue weighted by molar-refractivity contribution is 7.44. The van der Waals surface area contributed by atoms with Crippen LogP contribution in [-0.2, 0) is 9.05 Å². The second kappa shape index (κ2) is 8.71. The molecule has 188 valence electrons. The van der Waals surface area contributed by atoms with Gasteiger partial charge in [0, 0.05) is 39.7 Å². The van der Waals surface area contributed by atoms with Crippen molar-refractivity contribution in [2.75, 3.05) is 6.61 Å². The van der Waals surface area contributed by atoms with Crippen LogP contribution in [0.3, 0.4) is 0 Å². The van der Waals surface area contributed by atoms with Gasteiger partial charge in [0.25, 0.3) is 8.53 Å². The average molecular weight is 470 g/mol. The van der Waals surface area contributed by atoms with Crippen LogP contribution in [0.1, 0.15) is 109 Å². The molecule has 3 aliphatic heterocycles. The normalized spacial score (nSPS) is 34.7. The predicted octanol–water partition coefficient (Wildman–Crippen LogP) is 6.23. The molecule has 0 aromatic heterocycles. The van der Waals surface area contributed by atoms with Crippen molar-refractivity contribution < 1.29 is 9.05 Å². The number of piperidine rings is 2. The number of nitrogens with one attached hydrogen (secondary N) is 2. The zero-order valence-electron chi connectivity index (χ0n) is 23.1. The first kappa shape index (κ1) is 26.8. The van der Waals surface area contributed by atoms with Crippen molar-refractivity contribution in [1.29, 1.82) is 0 Å². The maximum atomic E-state index is 6.93. The second-order valence-electron chi connectivity index (χ2n) is 14.6. The van der Waals surface area contributed by atoms with Crippen LogP contribution in [0.15, 0.2) is 0 Å². The van der Waals surface area contributed by atoms with Crippen LogP contribution >= 0.6 is 8.53 Å². The van der Waals surface area contributed by atoms with Gasteiger partial charge in [0.1, 0.15) is 0 Å². The smallest absolute Gasteiger partial charge is 0.259 e. The summed E-state index contributed by atoms with van der Waals surface area (Å²) in [6.45, 7) is 28.8. The third kappa shape index (κ3) is 6.26. The lowest BCUT2D eigenvalue weighted by atomic mass is 9.76.